The van der Waals surface area contributed by atoms with E-state index in [9.17, 15) is 9.59 Å². The van der Waals surface area contributed by atoms with E-state index in [-0.39, 0.29) is 18.0 Å². The van der Waals surface area contributed by atoms with Crippen molar-refractivity contribution in [2.45, 2.75) is 38.1 Å². The van der Waals surface area contributed by atoms with Crippen molar-refractivity contribution in [1.82, 2.24) is 25.4 Å². The first-order valence-electron chi connectivity index (χ1n) is 10.0. The molecule has 1 aromatic heterocycles. The van der Waals surface area contributed by atoms with Crippen LogP contribution in [0.2, 0.25) is 19.6 Å². The van der Waals surface area contributed by atoms with Crippen LogP contribution in [0.4, 0.5) is 10.6 Å². The van der Waals surface area contributed by atoms with Crippen LogP contribution in [0.15, 0.2) is 48.1 Å². The number of allylic oxidation sites excluding steroid dienone is 1. The third kappa shape index (κ3) is 4.14. The number of amides is 3. The van der Waals surface area contributed by atoms with Gasteiger partial charge in [0, 0.05) is 25.5 Å². The van der Waals surface area contributed by atoms with Crippen molar-refractivity contribution >= 4 is 25.8 Å². The van der Waals surface area contributed by atoms with Crippen LogP contribution in [-0.4, -0.2) is 66.1 Å². The summed E-state index contributed by atoms with van der Waals surface area (Å²) in [7, 11) is -1.39. The molecule has 4 rings (SSSR count). The number of nitrogens with zero attached hydrogens (tertiary/aromatic N) is 3. The second kappa shape index (κ2) is 7.55. The molecular weight excluding hydrogens is 384 g/mol. The Labute approximate surface area is 172 Å². The van der Waals surface area contributed by atoms with Crippen LogP contribution < -0.4 is 16.0 Å². The molecule has 0 spiro atoms. The lowest BCUT2D eigenvalue weighted by atomic mass is 10.1. The van der Waals surface area contributed by atoms with Gasteiger partial charge in [-0.15, -0.1) is 0 Å². The first kappa shape index (κ1) is 19.5. The maximum absolute atomic E-state index is 13.1. The molecular formula is C20H28N6O2Si. The van der Waals surface area contributed by atoms with Crippen molar-refractivity contribution in [3.8, 4) is 0 Å². The Balaban J connectivity index is 1.53. The van der Waals surface area contributed by atoms with Gasteiger partial charge < -0.3 is 15.5 Å². The SMILES string of the molecule is C[Si](C)(C)CNC(=O)C1C=CC2=C(N1)N(C(=O)Nc1ccccn1)[C@H]1CCN2C1. The zero-order valence-electron chi connectivity index (χ0n) is 17.1. The van der Waals surface area contributed by atoms with Crippen molar-refractivity contribution in [3.63, 3.8) is 0 Å². The van der Waals surface area contributed by atoms with Crippen LogP contribution in [0.5, 0.6) is 0 Å². The number of hydrogen-bond donors (Lipinski definition) is 3. The zero-order chi connectivity index (χ0) is 20.6. The molecule has 3 aliphatic rings. The quantitative estimate of drug-likeness (QED) is 0.655. The van der Waals surface area contributed by atoms with Crippen LogP contribution >= 0.6 is 0 Å². The van der Waals surface area contributed by atoms with Gasteiger partial charge in [0.25, 0.3) is 0 Å². The fourth-order valence-electron chi connectivity index (χ4n) is 3.83. The normalized spacial score (nSPS) is 22.9. The molecule has 2 bridgehead atoms. The number of nitrogens with one attached hydrogen (secondary N) is 3. The molecule has 3 N–H and O–H groups in total. The molecule has 1 aromatic rings. The molecule has 3 amide bonds. The number of pyridine rings is 1. The van der Waals surface area contributed by atoms with Crippen molar-refractivity contribution in [2.24, 2.45) is 0 Å². The molecule has 0 aliphatic carbocycles. The van der Waals surface area contributed by atoms with Gasteiger partial charge in [0.05, 0.1) is 19.8 Å². The number of aromatic nitrogens is 1. The van der Waals surface area contributed by atoms with Crippen molar-refractivity contribution in [2.75, 3.05) is 24.6 Å². The summed E-state index contributed by atoms with van der Waals surface area (Å²) >= 11 is 0. The number of urea groups is 1. The molecule has 0 radical (unpaired) electrons. The minimum atomic E-state index is -1.39. The van der Waals surface area contributed by atoms with Crippen molar-refractivity contribution < 1.29 is 9.59 Å². The molecule has 0 aromatic carbocycles. The highest BCUT2D eigenvalue weighted by Crippen LogP contribution is 2.33. The number of dihydropyridines is 1. The van der Waals surface area contributed by atoms with Gasteiger partial charge >= 0.3 is 6.03 Å². The molecule has 154 valence electrons. The lowest BCUT2D eigenvalue weighted by molar-refractivity contribution is -0.121. The summed E-state index contributed by atoms with van der Waals surface area (Å²) < 4.78 is 0. The Hall–Kier alpha value is -2.81. The molecule has 1 unspecified atom stereocenters. The Bertz CT molecular complexity index is 863. The average molecular weight is 413 g/mol. The number of anilines is 1. The Morgan fingerprint density at radius 2 is 2.14 bits per heavy atom. The monoisotopic (exact) mass is 412 g/mol. The van der Waals surface area contributed by atoms with E-state index in [1.165, 1.54) is 0 Å². The molecule has 9 heteroatoms. The maximum Gasteiger partial charge on any atom is 0.328 e. The fraction of sp³-hybridized carbons (Fsp3) is 0.450. The van der Waals surface area contributed by atoms with E-state index in [0.29, 0.717) is 11.6 Å². The van der Waals surface area contributed by atoms with E-state index < -0.39 is 14.1 Å². The van der Waals surface area contributed by atoms with E-state index in [1.54, 1.807) is 17.2 Å². The zero-order valence-corrected chi connectivity index (χ0v) is 18.1. The van der Waals surface area contributed by atoms with Crippen LogP contribution in [0.3, 0.4) is 0 Å². The van der Waals surface area contributed by atoms with E-state index in [0.717, 1.165) is 31.4 Å². The second-order valence-corrected chi connectivity index (χ2v) is 14.4. The summed E-state index contributed by atoms with van der Waals surface area (Å²) in [5, 5.41) is 9.24. The van der Waals surface area contributed by atoms with Gasteiger partial charge in [-0.05, 0) is 24.6 Å². The van der Waals surface area contributed by atoms with Crippen LogP contribution in [0.1, 0.15) is 6.42 Å². The summed E-state index contributed by atoms with van der Waals surface area (Å²) in [4.78, 5) is 34.0. The standard InChI is InChI=1S/C20H28N6O2Si/c1-29(2,3)13-22-19(27)15-7-8-16-18(23-15)26(14-9-11-25(16)12-14)20(28)24-17-6-4-5-10-21-17/h4-8,10,14-15,23H,9,11-13H2,1-3H3,(H,22,27)(H,21,24,28)/t14-,15?/m0/s1. The molecule has 1 fully saturated rings. The van der Waals surface area contributed by atoms with Gasteiger partial charge in [-0.2, -0.15) is 0 Å². The Morgan fingerprint density at radius 1 is 1.31 bits per heavy atom. The summed E-state index contributed by atoms with van der Waals surface area (Å²) in [6.07, 6.45) is 7.11. The first-order chi connectivity index (χ1) is 13.8. The largest absolute Gasteiger partial charge is 0.366 e. The number of rotatable bonds is 4. The smallest absolute Gasteiger partial charge is 0.328 e. The summed E-state index contributed by atoms with van der Waals surface area (Å²) in [6.45, 7) is 8.35. The van der Waals surface area contributed by atoms with E-state index in [1.807, 2.05) is 24.3 Å². The molecule has 29 heavy (non-hydrogen) atoms. The number of hydrogen-bond acceptors (Lipinski definition) is 5. The topological polar surface area (TPSA) is 89.6 Å². The molecule has 1 saturated heterocycles. The number of carbonyl (C=O) groups is 2. The molecule has 2 atom stereocenters. The van der Waals surface area contributed by atoms with Crippen LogP contribution in [0, 0.1) is 0 Å². The van der Waals surface area contributed by atoms with Gasteiger partial charge in [0.1, 0.15) is 17.7 Å². The molecule has 0 saturated carbocycles. The molecule has 3 aliphatic heterocycles. The lowest BCUT2D eigenvalue weighted by Crippen LogP contribution is -2.56. The Kier molecular flexibility index (Phi) is 5.07. The number of carbonyl (C=O) groups excluding carboxylic acids is 2. The minimum absolute atomic E-state index is 0.0618. The highest BCUT2D eigenvalue weighted by molar-refractivity contribution is 6.76. The van der Waals surface area contributed by atoms with Gasteiger partial charge in [0.2, 0.25) is 5.91 Å². The summed E-state index contributed by atoms with van der Waals surface area (Å²) in [5.74, 6) is 1.15. The molecule has 8 nitrogen and oxygen atoms in total. The average Bonchev–Trinajstić information content (AvgIpc) is 3.10. The van der Waals surface area contributed by atoms with E-state index in [2.05, 4.69) is 45.5 Å². The first-order valence-corrected chi connectivity index (χ1v) is 13.8. The number of fused-ring (bicyclic) bond motifs is 3. The van der Waals surface area contributed by atoms with Gasteiger partial charge in [-0.3, -0.25) is 15.0 Å². The van der Waals surface area contributed by atoms with Crippen molar-refractivity contribution in [3.05, 3.63) is 48.1 Å². The predicted octanol–water partition coefficient (Wildman–Crippen LogP) is 1.69. The Morgan fingerprint density at radius 3 is 2.86 bits per heavy atom. The highest BCUT2D eigenvalue weighted by atomic mass is 28.3. The highest BCUT2D eigenvalue weighted by Gasteiger charge is 2.42. The van der Waals surface area contributed by atoms with Gasteiger partial charge in [0.15, 0.2) is 0 Å². The minimum Gasteiger partial charge on any atom is -0.366 e. The second-order valence-electron chi connectivity index (χ2n) is 8.90. The predicted molar refractivity (Wildman–Crippen MR) is 115 cm³/mol. The van der Waals surface area contributed by atoms with E-state index >= 15 is 0 Å². The molecule has 4 heterocycles. The van der Waals surface area contributed by atoms with Gasteiger partial charge in [-0.25, -0.2) is 9.78 Å². The fourth-order valence-corrected chi connectivity index (χ4v) is 4.53. The summed E-state index contributed by atoms with van der Waals surface area (Å²) in [6, 6.07) is 4.76. The van der Waals surface area contributed by atoms with Gasteiger partial charge in [-0.1, -0.05) is 31.8 Å². The summed E-state index contributed by atoms with van der Waals surface area (Å²) in [5.41, 5.74) is 0.962. The van der Waals surface area contributed by atoms with Crippen LogP contribution in [0.25, 0.3) is 0 Å². The van der Waals surface area contributed by atoms with E-state index in [4.69, 9.17) is 0 Å². The van der Waals surface area contributed by atoms with Crippen molar-refractivity contribution in [1.29, 1.82) is 0 Å². The maximum atomic E-state index is 13.1. The lowest BCUT2D eigenvalue weighted by Gasteiger charge is -2.40. The van der Waals surface area contributed by atoms with Crippen LogP contribution in [-0.2, 0) is 4.79 Å². The third-order valence-electron chi connectivity index (χ3n) is 5.29. The third-order valence-corrected chi connectivity index (χ3v) is 6.52.